The number of aryl methyl sites for hydroxylation is 1. The molecule has 0 spiro atoms. The van der Waals surface area contributed by atoms with Crippen LogP contribution in [0.15, 0.2) is 18.0 Å². The summed E-state index contributed by atoms with van der Waals surface area (Å²) in [6.07, 6.45) is 2.78. The Morgan fingerprint density at radius 1 is 1.12 bits per heavy atom. The molecule has 0 saturated carbocycles. The molecule has 1 N–H and O–H groups in total. The summed E-state index contributed by atoms with van der Waals surface area (Å²) < 4.78 is 9.75. The van der Waals surface area contributed by atoms with Crippen LogP contribution in [0.25, 0.3) is 0 Å². The lowest BCUT2D eigenvalue weighted by Gasteiger charge is -2.21. The Bertz CT molecular complexity index is 607. The summed E-state index contributed by atoms with van der Waals surface area (Å²) in [5.41, 5.74) is 0.520. The van der Waals surface area contributed by atoms with Crippen LogP contribution in [0.1, 0.15) is 33.4 Å². The highest BCUT2D eigenvalue weighted by atomic mass is 16.6. The van der Waals surface area contributed by atoms with Gasteiger partial charge in [-0.05, 0) is 34.6 Å². The second-order valence-corrected chi connectivity index (χ2v) is 4.98. The lowest BCUT2D eigenvalue weighted by atomic mass is 10.3. The molecule has 0 saturated heterocycles. The van der Waals surface area contributed by atoms with Crippen LogP contribution in [0.5, 0.6) is 0 Å². The fourth-order valence-corrected chi connectivity index (χ4v) is 2.14. The number of rotatable bonds is 9. The molecule has 8 heteroatoms. The maximum absolute atomic E-state index is 11.9. The lowest BCUT2D eigenvalue weighted by Crippen LogP contribution is -2.24. The van der Waals surface area contributed by atoms with E-state index < -0.39 is 11.9 Å². The number of hydrogen-bond donors (Lipinski definition) is 1. The SMILES string of the molecule is CCOC(=O)C(=CNc1cnc(N(CC)CC)c(C)n1)C(=O)OCC. The zero-order valence-electron chi connectivity index (χ0n) is 15.5. The number of carbonyl (C=O) groups is 2. The van der Waals surface area contributed by atoms with Gasteiger partial charge in [0.1, 0.15) is 11.6 Å². The predicted octanol–water partition coefficient (Wildman–Crippen LogP) is 2.05. The first-order valence-electron chi connectivity index (χ1n) is 8.37. The first-order chi connectivity index (χ1) is 12.0. The number of anilines is 2. The van der Waals surface area contributed by atoms with Crippen molar-refractivity contribution in [1.82, 2.24) is 9.97 Å². The molecule has 0 bridgehead atoms. The monoisotopic (exact) mass is 350 g/mol. The minimum atomic E-state index is -0.752. The third-order valence-electron chi connectivity index (χ3n) is 3.34. The van der Waals surface area contributed by atoms with Crippen molar-refractivity contribution in [3.05, 3.63) is 23.7 Å². The molecule has 1 aromatic rings. The molecule has 25 heavy (non-hydrogen) atoms. The Balaban J connectivity index is 3.00. The van der Waals surface area contributed by atoms with Crippen molar-refractivity contribution in [2.75, 3.05) is 36.5 Å². The Morgan fingerprint density at radius 3 is 2.12 bits per heavy atom. The third kappa shape index (κ3) is 5.74. The molecule has 0 unspecified atom stereocenters. The van der Waals surface area contributed by atoms with Crippen LogP contribution in [-0.2, 0) is 19.1 Å². The number of ether oxygens (including phenoxy) is 2. The van der Waals surface area contributed by atoms with Crippen molar-refractivity contribution in [3.8, 4) is 0 Å². The highest BCUT2D eigenvalue weighted by molar-refractivity contribution is 6.14. The fraction of sp³-hybridized carbons (Fsp3) is 0.529. The summed E-state index contributed by atoms with van der Waals surface area (Å²) in [7, 11) is 0. The molecule has 0 fully saturated rings. The molecule has 1 heterocycles. The molecule has 0 aromatic carbocycles. The van der Waals surface area contributed by atoms with Gasteiger partial charge in [-0.15, -0.1) is 0 Å². The smallest absolute Gasteiger partial charge is 0.347 e. The highest BCUT2D eigenvalue weighted by Crippen LogP contribution is 2.16. The zero-order valence-corrected chi connectivity index (χ0v) is 15.5. The number of carbonyl (C=O) groups excluding carboxylic acids is 2. The summed E-state index contributed by atoms with van der Waals surface area (Å²) in [6.45, 7) is 11.2. The molecule has 0 aliphatic carbocycles. The average Bonchev–Trinajstić information content (AvgIpc) is 2.58. The van der Waals surface area contributed by atoms with Gasteiger partial charge in [0.25, 0.3) is 0 Å². The largest absolute Gasteiger partial charge is 0.462 e. The van der Waals surface area contributed by atoms with E-state index in [1.54, 1.807) is 20.0 Å². The first kappa shape index (κ1) is 20.4. The molecule has 1 aromatic heterocycles. The first-order valence-corrected chi connectivity index (χ1v) is 8.37. The van der Waals surface area contributed by atoms with Gasteiger partial charge in [0.15, 0.2) is 5.57 Å². The van der Waals surface area contributed by atoms with E-state index in [4.69, 9.17) is 9.47 Å². The van der Waals surface area contributed by atoms with E-state index in [-0.39, 0.29) is 18.8 Å². The summed E-state index contributed by atoms with van der Waals surface area (Å²) in [4.78, 5) is 34.7. The topological polar surface area (TPSA) is 93.6 Å². The number of aromatic nitrogens is 2. The van der Waals surface area contributed by atoms with Gasteiger partial charge in [-0.25, -0.2) is 19.6 Å². The molecular formula is C17H26N4O4. The van der Waals surface area contributed by atoms with Gasteiger partial charge in [0, 0.05) is 19.3 Å². The van der Waals surface area contributed by atoms with E-state index in [1.165, 1.54) is 6.20 Å². The molecule has 0 atom stereocenters. The highest BCUT2D eigenvalue weighted by Gasteiger charge is 2.21. The summed E-state index contributed by atoms with van der Waals surface area (Å²) in [5, 5.41) is 2.81. The van der Waals surface area contributed by atoms with Crippen LogP contribution in [0, 0.1) is 6.92 Å². The van der Waals surface area contributed by atoms with E-state index in [0.717, 1.165) is 24.6 Å². The van der Waals surface area contributed by atoms with Crippen molar-refractivity contribution in [3.63, 3.8) is 0 Å². The maximum atomic E-state index is 11.9. The number of esters is 2. The molecule has 1 rings (SSSR count). The van der Waals surface area contributed by atoms with Crippen LogP contribution in [-0.4, -0.2) is 48.2 Å². The third-order valence-corrected chi connectivity index (χ3v) is 3.34. The van der Waals surface area contributed by atoms with Crippen LogP contribution in [0.3, 0.4) is 0 Å². The minimum Gasteiger partial charge on any atom is -0.462 e. The second-order valence-electron chi connectivity index (χ2n) is 4.98. The summed E-state index contributed by atoms with van der Waals surface area (Å²) >= 11 is 0. The zero-order chi connectivity index (χ0) is 18.8. The van der Waals surface area contributed by atoms with Crippen LogP contribution >= 0.6 is 0 Å². The van der Waals surface area contributed by atoms with E-state index >= 15 is 0 Å². The Hall–Kier alpha value is -2.64. The van der Waals surface area contributed by atoms with Crippen LogP contribution in [0.4, 0.5) is 11.6 Å². The van der Waals surface area contributed by atoms with Crippen LogP contribution in [0.2, 0.25) is 0 Å². The van der Waals surface area contributed by atoms with Crippen molar-refractivity contribution < 1.29 is 19.1 Å². The van der Waals surface area contributed by atoms with Crippen molar-refractivity contribution >= 4 is 23.6 Å². The van der Waals surface area contributed by atoms with E-state index in [1.807, 2.05) is 20.8 Å². The standard InChI is InChI=1S/C17H26N4O4/c1-6-21(7-2)15-12(5)20-14(11-19-15)18-10-13(16(22)24-8-3)17(23)25-9-4/h10-11H,6-9H2,1-5H3,(H,18,20). The van der Waals surface area contributed by atoms with Gasteiger partial charge in [-0.3, -0.25) is 0 Å². The Kier molecular flexibility index (Phi) is 8.38. The Labute approximate surface area is 148 Å². The lowest BCUT2D eigenvalue weighted by molar-refractivity contribution is -0.146. The van der Waals surface area contributed by atoms with E-state index in [0.29, 0.717) is 5.82 Å². The normalized spacial score (nSPS) is 9.96. The molecular weight excluding hydrogens is 324 g/mol. The van der Waals surface area contributed by atoms with Gasteiger partial charge >= 0.3 is 11.9 Å². The average molecular weight is 350 g/mol. The number of hydrogen-bond acceptors (Lipinski definition) is 8. The Morgan fingerprint density at radius 2 is 1.68 bits per heavy atom. The van der Waals surface area contributed by atoms with E-state index in [2.05, 4.69) is 20.2 Å². The molecule has 0 amide bonds. The summed E-state index contributed by atoms with van der Waals surface area (Å²) in [5.74, 6) is -0.286. The van der Waals surface area contributed by atoms with Crippen molar-refractivity contribution in [2.24, 2.45) is 0 Å². The second kappa shape index (κ2) is 10.3. The van der Waals surface area contributed by atoms with E-state index in [9.17, 15) is 9.59 Å². The molecule has 0 aliphatic heterocycles. The van der Waals surface area contributed by atoms with Gasteiger partial charge in [0.05, 0.1) is 25.1 Å². The minimum absolute atomic E-state index is 0.160. The van der Waals surface area contributed by atoms with Gasteiger partial charge in [0.2, 0.25) is 0 Å². The molecule has 0 aliphatic rings. The predicted molar refractivity (Wildman–Crippen MR) is 95.3 cm³/mol. The van der Waals surface area contributed by atoms with Gasteiger partial charge in [-0.1, -0.05) is 0 Å². The summed E-state index contributed by atoms with van der Waals surface area (Å²) in [6, 6.07) is 0. The van der Waals surface area contributed by atoms with Crippen LogP contribution < -0.4 is 10.2 Å². The maximum Gasteiger partial charge on any atom is 0.347 e. The molecule has 8 nitrogen and oxygen atoms in total. The quantitative estimate of drug-likeness (QED) is 0.313. The molecule has 138 valence electrons. The molecule has 0 radical (unpaired) electrons. The fourth-order valence-electron chi connectivity index (χ4n) is 2.14. The van der Waals surface area contributed by atoms with Crippen molar-refractivity contribution in [1.29, 1.82) is 0 Å². The van der Waals surface area contributed by atoms with Gasteiger partial charge in [-0.2, -0.15) is 0 Å². The number of nitrogens with zero attached hydrogens (tertiary/aromatic N) is 3. The van der Waals surface area contributed by atoms with Crippen molar-refractivity contribution in [2.45, 2.75) is 34.6 Å². The number of nitrogens with one attached hydrogen (secondary N) is 1. The van der Waals surface area contributed by atoms with Gasteiger partial charge < -0.3 is 19.7 Å².